The van der Waals surface area contributed by atoms with Crippen LogP contribution in [0.5, 0.6) is 0 Å². The van der Waals surface area contributed by atoms with Crippen molar-refractivity contribution >= 4 is 28.2 Å². The number of rotatable bonds is 7. The highest BCUT2D eigenvalue weighted by Crippen LogP contribution is 2.19. The third-order valence-electron chi connectivity index (χ3n) is 3.26. The summed E-state index contributed by atoms with van der Waals surface area (Å²) in [5.41, 5.74) is 0. The Morgan fingerprint density at radius 3 is 2.36 bits per heavy atom. The average molecular weight is 353 g/mol. The number of carbonyl (C=O) groups is 1. The normalized spacial score (nSPS) is 12.4. The van der Waals surface area contributed by atoms with E-state index < -0.39 is 20.9 Å². The van der Waals surface area contributed by atoms with E-state index in [2.05, 4.69) is 5.32 Å². The molecule has 1 atom stereocenters. The molecule has 0 heterocycles. The van der Waals surface area contributed by atoms with E-state index in [1.54, 1.807) is 14.1 Å². The zero-order valence-electron chi connectivity index (χ0n) is 12.9. The molecule has 0 aliphatic carbocycles. The van der Waals surface area contributed by atoms with Crippen molar-refractivity contribution in [2.24, 2.45) is 0 Å². The van der Waals surface area contributed by atoms with Crippen molar-refractivity contribution < 1.29 is 17.6 Å². The molecule has 0 saturated carbocycles. The zero-order chi connectivity index (χ0) is 16.0. The van der Waals surface area contributed by atoms with Gasteiger partial charge in [0.1, 0.15) is 5.82 Å². The molecule has 0 bridgehead atoms. The average Bonchev–Trinajstić information content (AvgIpc) is 2.44. The maximum absolute atomic E-state index is 12.8. The van der Waals surface area contributed by atoms with Crippen molar-refractivity contribution in [2.75, 3.05) is 27.2 Å². The number of nitrogens with zero attached hydrogens (tertiary/aromatic N) is 1. The van der Waals surface area contributed by atoms with Gasteiger partial charge in [0.25, 0.3) is 0 Å². The van der Waals surface area contributed by atoms with Crippen LogP contribution >= 0.6 is 12.4 Å². The Morgan fingerprint density at radius 1 is 1.32 bits per heavy atom. The summed E-state index contributed by atoms with van der Waals surface area (Å²) in [4.78, 5) is 13.5. The molecule has 0 saturated heterocycles. The molecule has 8 heteroatoms. The van der Waals surface area contributed by atoms with Gasteiger partial charge < -0.3 is 10.2 Å². The van der Waals surface area contributed by atoms with Crippen LogP contribution < -0.4 is 5.32 Å². The van der Waals surface area contributed by atoms with Crippen molar-refractivity contribution in [2.45, 2.75) is 23.5 Å². The molecule has 0 spiro atoms. The number of halogens is 2. The minimum absolute atomic E-state index is 0. The Labute approximate surface area is 137 Å². The predicted molar refractivity (Wildman–Crippen MR) is 86.5 cm³/mol. The number of likely N-dealkylation sites (N-methyl/N-ethyl adjacent to an activating group) is 2. The van der Waals surface area contributed by atoms with Gasteiger partial charge in [-0.1, -0.05) is 0 Å². The highest BCUT2D eigenvalue weighted by atomic mass is 35.5. The lowest BCUT2D eigenvalue weighted by molar-refractivity contribution is -0.129. The highest BCUT2D eigenvalue weighted by molar-refractivity contribution is 7.92. The highest BCUT2D eigenvalue weighted by Gasteiger charge is 2.26. The molecule has 0 aliphatic rings. The Bertz CT molecular complexity index is 578. The number of amides is 1. The van der Waals surface area contributed by atoms with Gasteiger partial charge in [0.2, 0.25) is 5.91 Å². The second kappa shape index (κ2) is 9.07. The summed E-state index contributed by atoms with van der Waals surface area (Å²) in [5, 5.41) is 2.07. The topological polar surface area (TPSA) is 66.5 Å². The van der Waals surface area contributed by atoms with Gasteiger partial charge >= 0.3 is 0 Å². The maximum atomic E-state index is 12.8. The Kier molecular flexibility index (Phi) is 8.58. The van der Waals surface area contributed by atoms with Gasteiger partial charge in [-0.25, -0.2) is 12.8 Å². The summed E-state index contributed by atoms with van der Waals surface area (Å²) < 4.78 is 37.5. The van der Waals surface area contributed by atoms with Crippen LogP contribution in [0, 0.1) is 5.82 Å². The minimum atomic E-state index is -3.63. The lowest BCUT2D eigenvalue weighted by Gasteiger charge is -2.19. The number of hydrogen-bond acceptors (Lipinski definition) is 4. The fourth-order valence-electron chi connectivity index (χ4n) is 1.77. The van der Waals surface area contributed by atoms with Crippen LogP contribution in [0.4, 0.5) is 4.39 Å². The van der Waals surface area contributed by atoms with Crippen molar-refractivity contribution in [3.8, 4) is 0 Å². The molecule has 5 nitrogen and oxygen atoms in total. The number of hydrogen-bond donors (Lipinski definition) is 1. The summed E-state index contributed by atoms with van der Waals surface area (Å²) in [5.74, 6) is -0.729. The van der Waals surface area contributed by atoms with Crippen LogP contribution in [0.1, 0.15) is 13.3 Å². The summed E-state index contributed by atoms with van der Waals surface area (Å²) >= 11 is 0. The van der Waals surface area contributed by atoms with E-state index >= 15 is 0 Å². The first kappa shape index (κ1) is 20.8. The SMILES string of the molecule is CNCCN(C)C(=O)CC(C)S(=O)(=O)c1ccc(F)cc1.Cl. The molecule has 1 N–H and O–H groups in total. The van der Waals surface area contributed by atoms with Gasteiger partial charge in [0, 0.05) is 26.6 Å². The number of benzene rings is 1. The van der Waals surface area contributed by atoms with Crippen LogP contribution in [0.2, 0.25) is 0 Å². The second-order valence-corrected chi connectivity index (χ2v) is 7.30. The van der Waals surface area contributed by atoms with Crippen molar-refractivity contribution in [1.29, 1.82) is 0 Å². The van der Waals surface area contributed by atoms with Gasteiger partial charge in [-0.2, -0.15) is 0 Å². The second-order valence-electron chi connectivity index (χ2n) is 4.93. The molecule has 0 radical (unpaired) electrons. The van der Waals surface area contributed by atoms with Crippen molar-refractivity contribution in [3.05, 3.63) is 30.1 Å². The van der Waals surface area contributed by atoms with Crippen molar-refractivity contribution in [3.63, 3.8) is 0 Å². The van der Waals surface area contributed by atoms with Gasteiger partial charge in [-0.15, -0.1) is 12.4 Å². The molecule has 22 heavy (non-hydrogen) atoms. The standard InChI is InChI=1S/C14H21FN2O3S.ClH/c1-11(10-14(18)17(3)9-8-16-2)21(19,20)13-6-4-12(15)5-7-13;/h4-7,11,16H,8-10H2,1-3H3;1H. The summed E-state index contributed by atoms with van der Waals surface area (Å²) in [6.45, 7) is 2.64. The minimum Gasteiger partial charge on any atom is -0.344 e. The Morgan fingerprint density at radius 2 is 1.86 bits per heavy atom. The largest absolute Gasteiger partial charge is 0.344 e. The quantitative estimate of drug-likeness (QED) is 0.755. The molecule has 0 fully saturated rings. The summed E-state index contributed by atoms with van der Waals surface area (Å²) in [6, 6.07) is 4.63. The van der Waals surface area contributed by atoms with Crippen LogP contribution in [0.3, 0.4) is 0 Å². The number of carbonyl (C=O) groups excluding carboxylic acids is 1. The molecule has 126 valence electrons. The smallest absolute Gasteiger partial charge is 0.223 e. The van der Waals surface area contributed by atoms with E-state index in [1.807, 2.05) is 0 Å². The van der Waals surface area contributed by atoms with E-state index in [1.165, 1.54) is 24.0 Å². The lowest BCUT2D eigenvalue weighted by atomic mass is 10.3. The van der Waals surface area contributed by atoms with Gasteiger partial charge in [0.15, 0.2) is 9.84 Å². The molecule has 0 aromatic heterocycles. The predicted octanol–water partition coefficient (Wildman–Crippen LogP) is 1.48. The maximum Gasteiger partial charge on any atom is 0.223 e. The zero-order valence-corrected chi connectivity index (χ0v) is 14.5. The first-order chi connectivity index (χ1) is 9.78. The molecular weight excluding hydrogens is 331 g/mol. The number of sulfone groups is 1. The number of nitrogens with one attached hydrogen (secondary N) is 1. The molecule has 1 aromatic rings. The molecule has 1 amide bonds. The molecular formula is C14H22ClFN2O3S. The van der Waals surface area contributed by atoms with Gasteiger partial charge in [0.05, 0.1) is 10.1 Å². The van der Waals surface area contributed by atoms with Crippen LogP contribution in [0.15, 0.2) is 29.2 Å². The van der Waals surface area contributed by atoms with E-state index in [-0.39, 0.29) is 29.6 Å². The fraction of sp³-hybridized carbons (Fsp3) is 0.500. The van der Waals surface area contributed by atoms with Crippen LogP contribution in [-0.2, 0) is 14.6 Å². The van der Waals surface area contributed by atoms with Gasteiger partial charge in [-0.3, -0.25) is 4.79 Å². The molecule has 1 aromatic carbocycles. The molecule has 1 rings (SSSR count). The lowest BCUT2D eigenvalue weighted by Crippen LogP contribution is -2.35. The molecule has 1 unspecified atom stereocenters. The Hall–Kier alpha value is -1.18. The monoisotopic (exact) mass is 352 g/mol. The fourth-order valence-corrected chi connectivity index (χ4v) is 3.11. The van der Waals surface area contributed by atoms with E-state index in [0.717, 1.165) is 12.1 Å². The van der Waals surface area contributed by atoms with Gasteiger partial charge in [-0.05, 0) is 38.2 Å². The van der Waals surface area contributed by atoms with Crippen molar-refractivity contribution in [1.82, 2.24) is 10.2 Å². The summed E-state index contributed by atoms with van der Waals surface area (Å²) in [7, 11) is -0.221. The van der Waals surface area contributed by atoms with E-state index in [0.29, 0.717) is 13.1 Å². The van der Waals surface area contributed by atoms with E-state index in [4.69, 9.17) is 0 Å². The first-order valence-electron chi connectivity index (χ1n) is 6.67. The van der Waals surface area contributed by atoms with Crippen LogP contribution in [-0.4, -0.2) is 51.7 Å². The Balaban J connectivity index is 0.00000441. The summed E-state index contributed by atoms with van der Waals surface area (Å²) in [6.07, 6.45) is -0.0973. The van der Waals surface area contributed by atoms with E-state index in [9.17, 15) is 17.6 Å². The molecule has 0 aliphatic heterocycles. The third kappa shape index (κ3) is 5.55. The third-order valence-corrected chi connectivity index (χ3v) is 5.41. The first-order valence-corrected chi connectivity index (χ1v) is 8.21. The van der Waals surface area contributed by atoms with Crippen LogP contribution in [0.25, 0.3) is 0 Å².